The molecule has 2 aliphatic rings. The third kappa shape index (κ3) is 3.63. The molecule has 0 radical (unpaired) electrons. The summed E-state index contributed by atoms with van der Waals surface area (Å²) in [6.45, 7) is 0. The van der Waals surface area contributed by atoms with Crippen LogP contribution in [0.2, 0.25) is 0 Å². The van der Waals surface area contributed by atoms with Crippen molar-refractivity contribution in [3.05, 3.63) is 23.8 Å². The molecule has 3 rings (SSSR count). The van der Waals surface area contributed by atoms with Gasteiger partial charge in [-0.15, -0.1) is 13.2 Å². The van der Waals surface area contributed by atoms with Gasteiger partial charge in [0.2, 0.25) is 0 Å². The van der Waals surface area contributed by atoms with Crippen LogP contribution in [0.5, 0.6) is 11.5 Å². The van der Waals surface area contributed by atoms with Crippen LogP contribution in [0.1, 0.15) is 44.1 Å². The van der Waals surface area contributed by atoms with E-state index in [1.54, 1.807) is 6.07 Å². The predicted octanol–water partition coefficient (Wildman–Crippen LogP) is 4.86. The normalized spacial score (nSPS) is 23.3. The lowest BCUT2D eigenvalue weighted by Crippen LogP contribution is -2.32. The number of fused-ring (bicyclic) bond motifs is 1. The zero-order chi connectivity index (χ0) is 14.9. The fourth-order valence-corrected chi connectivity index (χ4v) is 3.41. The van der Waals surface area contributed by atoms with Crippen molar-refractivity contribution in [1.82, 2.24) is 0 Å². The maximum absolute atomic E-state index is 12.3. The van der Waals surface area contributed by atoms with E-state index in [0.29, 0.717) is 11.7 Å². The monoisotopic (exact) mass is 300 g/mol. The Kier molecular flexibility index (Phi) is 4.00. The Morgan fingerprint density at radius 3 is 2.52 bits per heavy atom. The van der Waals surface area contributed by atoms with Crippen molar-refractivity contribution in [3.8, 4) is 11.5 Å². The third-order valence-electron chi connectivity index (χ3n) is 4.42. The van der Waals surface area contributed by atoms with Gasteiger partial charge in [-0.05, 0) is 43.2 Å². The molecule has 2 nitrogen and oxygen atoms in total. The van der Waals surface area contributed by atoms with E-state index in [2.05, 4.69) is 4.74 Å². The summed E-state index contributed by atoms with van der Waals surface area (Å²) in [6.07, 6.45) is 3.37. The van der Waals surface area contributed by atoms with Gasteiger partial charge in [-0.3, -0.25) is 0 Å². The highest BCUT2D eigenvalue weighted by molar-refractivity contribution is 5.42. The fourth-order valence-electron chi connectivity index (χ4n) is 3.41. The van der Waals surface area contributed by atoms with E-state index in [1.807, 2.05) is 0 Å². The summed E-state index contributed by atoms with van der Waals surface area (Å²) in [5.41, 5.74) is 0.969. The van der Waals surface area contributed by atoms with Gasteiger partial charge in [-0.25, -0.2) is 0 Å². The first-order chi connectivity index (χ1) is 10.0. The van der Waals surface area contributed by atoms with Crippen LogP contribution in [-0.2, 0) is 6.42 Å². The molecule has 0 N–H and O–H groups in total. The highest BCUT2D eigenvalue weighted by Crippen LogP contribution is 2.38. The molecule has 0 saturated heterocycles. The standard InChI is InChI=1S/C16H19F3O2/c17-16(18,19)21-13-8-6-12-7-9-14(20-15(12)10-13)11-4-2-1-3-5-11/h6,8,10-11,14H,1-5,7,9H2. The SMILES string of the molecule is FC(F)(F)Oc1ccc2c(c1)OC(C1CCCCC1)CC2. The van der Waals surface area contributed by atoms with E-state index in [-0.39, 0.29) is 11.9 Å². The van der Waals surface area contributed by atoms with Crippen molar-refractivity contribution in [2.45, 2.75) is 57.4 Å². The summed E-state index contributed by atoms with van der Waals surface area (Å²) < 4.78 is 46.8. The molecule has 0 spiro atoms. The van der Waals surface area contributed by atoms with Gasteiger partial charge in [0, 0.05) is 6.07 Å². The first-order valence-corrected chi connectivity index (χ1v) is 7.56. The van der Waals surface area contributed by atoms with Crippen molar-refractivity contribution in [1.29, 1.82) is 0 Å². The van der Waals surface area contributed by atoms with E-state index in [4.69, 9.17) is 4.74 Å². The molecular formula is C16H19F3O2. The molecule has 0 bridgehead atoms. The first-order valence-electron chi connectivity index (χ1n) is 7.56. The Bertz CT molecular complexity index is 493. The average molecular weight is 300 g/mol. The van der Waals surface area contributed by atoms with E-state index >= 15 is 0 Å². The second kappa shape index (κ2) is 5.78. The lowest BCUT2D eigenvalue weighted by Gasteiger charge is -2.34. The summed E-state index contributed by atoms with van der Waals surface area (Å²) in [7, 11) is 0. The number of halogens is 3. The smallest absolute Gasteiger partial charge is 0.490 e. The third-order valence-corrected chi connectivity index (χ3v) is 4.42. The quantitative estimate of drug-likeness (QED) is 0.776. The molecule has 1 aromatic rings. The summed E-state index contributed by atoms with van der Waals surface area (Å²) in [4.78, 5) is 0. The van der Waals surface area contributed by atoms with Gasteiger partial charge >= 0.3 is 6.36 Å². The van der Waals surface area contributed by atoms with Gasteiger partial charge in [-0.1, -0.05) is 25.3 Å². The second-order valence-corrected chi connectivity index (χ2v) is 5.91. The first kappa shape index (κ1) is 14.5. The zero-order valence-corrected chi connectivity index (χ0v) is 11.8. The molecule has 0 amide bonds. The van der Waals surface area contributed by atoms with Crippen molar-refractivity contribution >= 4 is 0 Å². The number of aryl methyl sites for hydroxylation is 1. The van der Waals surface area contributed by atoms with Gasteiger partial charge in [0.15, 0.2) is 0 Å². The summed E-state index contributed by atoms with van der Waals surface area (Å²) in [5, 5.41) is 0. The van der Waals surface area contributed by atoms with E-state index < -0.39 is 6.36 Å². The number of ether oxygens (including phenoxy) is 2. The minimum absolute atomic E-state index is 0.138. The molecule has 116 valence electrons. The minimum atomic E-state index is -4.66. The van der Waals surface area contributed by atoms with E-state index in [9.17, 15) is 13.2 Å². The Morgan fingerprint density at radius 1 is 1.05 bits per heavy atom. The summed E-state index contributed by atoms with van der Waals surface area (Å²) >= 11 is 0. The largest absolute Gasteiger partial charge is 0.573 e. The molecule has 1 aliphatic carbocycles. The number of hydrogen-bond donors (Lipinski definition) is 0. The summed E-state index contributed by atoms with van der Waals surface area (Å²) in [5.74, 6) is 0.892. The Labute approximate surface area is 122 Å². The number of rotatable bonds is 2. The van der Waals surface area contributed by atoms with Crippen LogP contribution < -0.4 is 9.47 Å². The molecule has 0 aromatic heterocycles. The van der Waals surface area contributed by atoms with Crippen molar-refractivity contribution in [3.63, 3.8) is 0 Å². The molecule has 1 fully saturated rings. The Hall–Kier alpha value is -1.39. The van der Waals surface area contributed by atoms with Crippen molar-refractivity contribution in [2.24, 2.45) is 5.92 Å². The van der Waals surface area contributed by atoms with Crippen LogP contribution in [0.3, 0.4) is 0 Å². The van der Waals surface area contributed by atoms with Gasteiger partial charge < -0.3 is 9.47 Å². The molecule has 5 heteroatoms. The van der Waals surface area contributed by atoms with Gasteiger partial charge in [0.05, 0.1) is 0 Å². The van der Waals surface area contributed by atoms with Crippen LogP contribution in [-0.4, -0.2) is 12.5 Å². The molecule has 1 aliphatic heterocycles. The molecule has 1 unspecified atom stereocenters. The maximum atomic E-state index is 12.3. The lowest BCUT2D eigenvalue weighted by molar-refractivity contribution is -0.274. The highest BCUT2D eigenvalue weighted by Gasteiger charge is 2.33. The molecular weight excluding hydrogens is 281 g/mol. The zero-order valence-electron chi connectivity index (χ0n) is 11.8. The topological polar surface area (TPSA) is 18.5 Å². The van der Waals surface area contributed by atoms with Crippen molar-refractivity contribution < 1.29 is 22.6 Å². The summed E-state index contributed by atoms with van der Waals surface area (Å²) in [6, 6.07) is 4.40. The number of benzene rings is 1. The number of alkyl halides is 3. The van der Waals surface area contributed by atoms with E-state index in [1.165, 1.54) is 44.2 Å². The van der Waals surface area contributed by atoms with Gasteiger partial charge in [0.1, 0.15) is 17.6 Å². The molecule has 1 aromatic carbocycles. The minimum Gasteiger partial charge on any atom is -0.490 e. The second-order valence-electron chi connectivity index (χ2n) is 5.91. The highest BCUT2D eigenvalue weighted by atomic mass is 19.4. The van der Waals surface area contributed by atoms with Crippen LogP contribution in [0.4, 0.5) is 13.2 Å². The molecule has 1 atom stereocenters. The van der Waals surface area contributed by atoms with Crippen LogP contribution >= 0.6 is 0 Å². The lowest BCUT2D eigenvalue weighted by atomic mass is 9.82. The molecule has 21 heavy (non-hydrogen) atoms. The predicted molar refractivity (Wildman–Crippen MR) is 72.4 cm³/mol. The fraction of sp³-hybridized carbons (Fsp3) is 0.625. The van der Waals surface area contributed by atoms with E-state index in [0.717, 1.165) is 18.4 Å². The maximum Gasteiger partial charge on any atom is 0.573 e. The Balaban J connectivity index is 1.72. The molecule has 1 heterocycles. The van der Waals surface area contributed by atoms with Crippen molar-refractivity contribution in [2.75, 3.05) is 0 Å². The van der Waals surface area contributed by atoms with Gasteiger partial charge in [-0.2, -0.15) is 0 Å². The van der Waals surface area contributed by atoms with Crippen LogP contribution in [0.15, 0.2) is 18.2 Å². The van der Waals surface area contributed by atoms with Crippen LogP contribution in [0, 0.1) is 5.92 Å². The average Bonchev–Trinajstić information content (AvgIpc) is 2.46. The Morgan fingerprint density at radius 2 is 1.81 bits per heavy atom. The number of hydrogen-bond acceptors (Lipinski definition) is 2. The van der Waals surface area contributed by atoms with Gasteiger partial charge in [0.25, 0.3) is 0 Å². The molecule has 1 saturated carbocycles. The van der Waals surface area contributed by atoms with Crippen LogP contribution in [0.25, 0.3) is 0 Å².